The van der Waals surface area contributed by atoms with Crippen molar-refractivity contribution >= 4 is 11.8 Å². The van der Waals surface area contributed by atoms with Crippen molar-refractivity contribution in [2.45, 2.75) is 56.9 Å². The maximum atomic E-state index is 12.6. The van der Waals surface area contributed by atoms with Gasteiger partial charge in [-0.1, -0.05) is 37.5 Å². The summed E-state index contributed by atoms with van der Waals surface area (Å²) in [4.78, 5) is 30.2. The van der Waals surface area contributed by atoms with Gasteiger partial charge in [0, 0.05) is 18.0 Å². The predicted molar refractivity (Wildman–Crippen MR) is 104 cm³/mol. The molecular weight excluding hydrogens is 340 g/mol. The highest BCUT2D eigenvalue weighted by Crippen LogP contribution is 2.28. The van der Waals surface area contributed by atoms with Crippen molar-refractivity contribution in [3.8, 4) is 11.8 Å². The molecule has 0 radical (unpaired) electrons. The number of nitrogens with two attached hydrogens (primary N) is 1. The standard InChI is InChI=1S/C21H28N4O2/c22-20(27)18-13-17(14-23-15-18)7-10-21(8-3-1-4-9-21)24-19(26)16-25-11-5-2-6-12-25/h13-15H,1-6,8-9,11-12,16H2,(H2,22,27)(H,24,26). The molecule has 2 amide bonds. The smallest absolute Gasteiger partial charge is 0.250 e. The molecule has 1 saturated heterocycles. The summed E-state index contributed by atoms with van der Waals surface area (Å²) in [5.41, 5.74) is 5.80. The molecule has 144 valence electrons. The Bertz CT molecular complexity index is 738. The van der Waals surface area contributed by atoms with E-state index in [1.807, 2.05) is 0 Å². The Morgan fingerprint density at radius 2 is 1.81 bits per heavy atom. The second kappa shape index (κ2) is 9.01. The van der Waals surface area contributed by atoms with Gasteiger partial charge in [-0.2, -0.15) is 0 Å². The number of carbonyl (C=O) groups excluding carboxylic acids is 2. The van der Waals surface area contributed by atoms with E-state index >= 15 is 0 Å². The largest absolute Gasteiger partial charge is 0.366 e. The number of likely N-dealkylation sites (tertiary alicyclic amines) is 1. The quantitative estimate of drug-likeness (QED) is 0.794. The van der Waals surface area contributed by atoms with Gasteiger partial charge in [0.15, 0.2) is 0 Å². The van der Waals surface area contributed by atoms with Crippen molar-refractivity contribution in [2.75, 3.05) is 19.6 Å². The van der Waals surface area contributed by atoms with Gasteiger partial charge in [0.05, 0.1) is 12.1 Å². The van der Waals surface area contributed by atoms with Crippen LogP contribution >= 0.6 is 0 Å². The predicted octanol–water partition coefficient (Wildman–Crippen LogP) is 1.84. The van der Waals surface area contributed by atoms with E-state index in [0.29, 0.717) is 17.7 Å². The van der Waals surface area contributed by atoms with Gasteiger partial charge in [0.2, 0.25) is 11.8 Å². The van der Waals surface area contributed by atoms with Gasteiger partial charge in [0.1, 0.15) is 5.54 Å². The van der Waals surface area contributed by atoms with E-state index in [2.05, 4.69) is 27.0 Å². The van der Waals surface area contributed by atoms with Crippen LogP contribution in [0.4, 0.5) is 0 Å². The van der Waals surface area contributed by atoms with Crippen molar-refractivity contribution in [3.05, 3.63) is 29.6 Å². The molecule has 1 aliphatic heterocycles. The lowest BCUT2D eigenvalue weighted by Gasteiger charge is -2.35. The van der Waals surface area contributed by atoms with E-state index < -0.39 is 11.4 Å². The van der Waals surface area contributed by atoms with Gasteiger partial charge < -0.3 is 11.1 Å². The third-order valence-electron chi connectivity index (χ3n) is 5.37. The number of rotatable bonds is 4. The third-order valence-corrected chi connectivity index (χ3v) is 5.37. The van der Waals surface area contributed by atoms with E-state index in [1.165, 1.54) is 31.9 Å². The second-order valence-corrected chi connectivity index (χ2v) is 7.60. The first-order valence-corrected chi connectivity index (χ1v) is 9.88. The van der Waals surface area contributed by atoms with Crippen LogP contribution < -0.4 is 11.1 Å². The molecule has 0 spiro atoms. The number of carbonyl (C=O) groups is 2. The summed E-state index contributed by atoms with van der Waals surface area (Å²) in [6.45, 7) is 2.44. The summed E-state index contributed by atoms with van der Waals surface area (Å²) in [5.74, 6) is 5.94. The zero-order valence-electron chi connectivity index (χ0n) is 15.8. The first kappa shape index (κ1) is 19.4. The van der Waals surface area contributed by atoms with Crippen molar-refractivity contribution in [3.63, 3.8) is 0 Å². The summed E-state index contributed by atoms with van der Waals surface area (Å²) >= 11 is 0. The first-order chi connectivity index (χ1) is 13.1. The minimum absolute atomic E-state index is 0.0529. The molecule has 2 fully saturated rings. The minimum atomic E-state index is -0.520. The van der Waals surface area contributed by atoms with Gasteiger partial charge in [-0.05, 0) is 44.8 Å². The van der Waals surface area contributed by atoms with Crippen LogP contribution in [0.1, 0.15) is 67.3 Å². The Labute approximate surface area is 160 Å². The van der Waals surface area contributed by atoms with E-state index in [9.17, 15) is 9.59 Å². The molecule has 2 aliphatic rings. The maximum absolute atomic E-state index is 12.6. The molecule has 0 atom stereocenters. The SMILES string of the molecule is NC(=O)c1cncc(C#CC2(NC(=O)CN3CCCCC3)CCCCC2)c1. The van der Waals surface area contributed by atoms with Crippen LogP contribution in [0.3, 0.4) is 0 Å². The molecule has 27 heavy (non-hydrogen) atoms. The molecule has 6 heteroatoms. The van der Waals surface area contributed by atoms with Crippen LogP contribution in [-0.2, 0) is 4.79 Å². The molecule has 1 aliphatic carbocycles. The maximum Gasteiger partial charge on any atom is 0.250 e. The highest BCUT2D eigenvalue weighted by Gasteiger charge is 2.32. The Morgan fingerprint density at radius 3 is 2.52 bits per heavy atom. The Morgan fingerprint density at radius 1 is 1.11 bits per heavy atom. The van der Waals surface area contributed by atoms with Gasteiger partial charge >= 0.3 is 0 Å². The van der Waals surface area contributed by atoms with Gasteiger partial charge in [0.25, 0.3) is 0 Å². The topological polar surface area (TPSA) is 88.3 Å². The number of hydrogen-bond donors (Lipinski definition) is 2. The number of nitrogens with zero attached hydrogens (tertiary/aromatic N) is 2. The highest BCUT2D eigenvalue weighted by atomic mass is 16.2. The van der Waals surface area contributed by atoms with E-state index in [1.54, 1.807) is 12.3 Å². The molecule has 3 N–H and O–H groups in total. The van der Waals surface area contributed by atoms with Crippen molar-refractivity contribution in [1.29, 1.82) is 0 Å². The van der Waals surface area contributed by atoms with Crippen LogP contribution in [0.15, 0.2) is 18.5 Å². The monoisotopic (exact) mass is 368 g/mol. The molecule has 6 nitrogen and oxygen atoms in total. The normalized spacial score (nSPS) is 19.6. The Kier molecular flexibility index (Phi) is 6.46. The zero-order chi connectivity index (χ0) is 19.1. The van der Waals surface area contributed by atoms with Crippen molar-refractivity contribution in [1.82, 2.24) is 15.2 Å². The molecule has 3 rings (SSSR count). The molecule has 1 saturated carbocycles. The minimum Gasteiger partial charge on any atom is -0.366 e. The fourth-order valence-corrected chi connectivity index (χ4v) is 3.90. The molecule has 0 unspecified atom stereocenters. The summed E-state index contributed by atoms with van der Waals surface area (Å²) in [6, 6.07) is 1.65. The van der Waals surface area contributed by atoms with Crippen molar-refractivity contribution in [2.24, 2.45) is 5.73 Å². The molecule has 0 bridgehead atoms. The van der Waals surface area contributed by atoms with Gasteiger partial charge in [-0.3, -0.25) is 19.5 Å². The fourth-order valence-electron chi connectivity index (χ4n) is 3.90. The third kappa shape index (κ3) is 5.54. The highest BCUT2D eigenvalue weighted by molar-refractivity contribution is 5.92. The summed E-state index contributed by atoms with van der Waals surface area (Å²) in [6.07, 6.45) is 11.6. The van der Waals surface area contributed by atoms with E-state index in [0.717, 1.165) is 38.8 Å². The molecule has 0 aromatic carbocycles. The summed E-state index contributed by atoms with van der Waals surface area (Å²) < 4.78 is 0. The number of amides is 2. The number of hydrogen-bond acceptors (Lipinski definition) is 4. The lowest BCUT2D eigenvalue weighted by atomic mass is 9.82. The summed E-state index contributed by atoms with van der Waals surface area (Å²) in [5, 5.41) is 3.22. The van der Waals surface area contributed by atoms with E-state index in [4.69, 9.17) is 5.73 Å². The molecule has 2 heterocycles. The van der Waals surface area contributed by atoms with E-state index in [-0.39, 0.29) is 5.91 Å². The summed E-state index contributed by atoms with van der Waals surface area (Å²) in [7, 11) is 0. The van der Waals surface area contributed by atoms with Crippen LogP contribution in [0.2, 0.25) is 0 Å². The average Bonchev–Trinajstić information content (AvgIpc) is 2.68. The number of aromatic nitrogens is 1. The van der Waals surface area contributed by atoms with Crippen molar-refractivity contribution < 1.29 is 9.59 Å². The molecule has 1 aromatic rings. The number of piperidine rings is 1. The number of pyridine rings is 1. The van der Waals surface area contributed by atoms with Crippen LogP contribution in [0, 0.1) is 11.8 Å². The van der Waals surface area contributed by atoms with Gasteiger partial charge in [-0.15, -0.1) is 0 Å². The van der Waals surface area contributed by atoms with Crippen LogP contribution in [0.25, 0.3) is 0 Å². The van der Waals surface area contributed by atoms with Crippen LogP contribution in [-0.4, -0.2) is 46.9 Å². The molecule has 1 aromatic heterocycles. The number of nitrogens with one attached hydrogen (secondary N) is 1. The first-order valence-electron chi connectivity index (χ1n) is 9.88. The fraction of sp³-hybridized carbons (Fsp3) is 0.571. The van der Waals surface area contributed by atoms with Gasteiger partial charge in [-0.25, -0.2) is 0 Å². The average molecular weight is 368 g/mol. The second-order valence-electron chi connectivity index (χ2n) is 7.60. The van der Waals surface area contributed by atoms with Crippen LogP contribution in [0.5, 0.6) is 0 Å². The Hall–Kier alpha value is -2.39. The zero-order valence-corrected chi connectivity index (χ0v) is 15.8. The molecular formula is C21H28N4O2. The lowest BCUT2D eigenvalue weighted by molar-refractivity contribution is -0.124. The lowest BCUT2D eigenvalue weighted by Crippen LogP contribution is -2.52. The number of primary amides is 1. The Balaban J connectivity index is 1.72.